The second-order valence-corrected chi connectivity index (χ2v) is 11.1. The molecule has 0 aromatic heterocycles. The molecule has 0 spiro atoms. The van der Waals surface area contributed by atoms with Crippen molar-refractivity contribution in [3.8, 4) is 0 Å². The van der Waals surface area contributed by atoms with E-state index in [1.54, 1.807) is 6.92 Å². The van der Waals surface area contributed by atoms with Gasteiger partial charge in [0.05, 0.1) is 11.7 Å². The molecule has 0 unspecified atom stereocenters. The number of aliphatic hydroxyl groups is 2. The first-order chi connectivity index (χ1) is 12.5. The molecule has 0 aliphatic heterocycles. The van der Waals surface area contributed by atoms with Crippen LogP contribution >= 0.6 is 0 Å². The topological polar surface area (TPSA) is 60.8 Å². The Morgan fingerprint density at radius 1 is 1.04 bits per heavy atom. The number of aliphatic hydroxyl groups excluding tert-OH is 1. The van der Waals surface area contributed by atoms with Gasteiger partial charge in [0.25, 0.3) is 0 Å². The highest BCUT2D eigenvalue weighted by Crippen LogP contribution is 2.68. The lowest BCUT2D eigenvalue weighted by molar-refractivity contribution is -0.246. The highest BCUT2D eigenvalue weighted by atomic mass is 16.3. The molecule has 4 aliphatic rings. The minimum absolute atomic E-state index is 0.0810. The maximum atomic E-state index is 12.3. The van der Waals surface area contributed by atoms with Gasteiger partial charge in [0.1, 0.15) is 5.78 Å². The summed E-state index contributed by atoms with van der Waals surface area (Å²) in [6.07, 6.45) is 7.29. The van der Waals surface area contributed by atoms with Crippen LogP contribution in [0, 0.1) is 34.5 Å². The van der Waals surface area contributed by atoms with Gasteiger partial charge in [0, 0.05) is 23.8 Å². The van der Waals surface area contributed by atoms with Crippen LogP contribution in [0.3, 0.4) is 0 Å². The van der Waals surface area contributed by atoms with Gasteiger partial charge in [0.2, 0.25) is 0 Å². The largest absolute Gasteiger partial charge is 0.393 e. The van der Waals surface area contributed by atoms with Gasteiger partial charge in [-0.3, -0.25) is 4.79 Å². The fraction of sp³-hybridized carbons (Fsp3) is 0.957. The van der Waals surface area contributed by atoms with Crippen molar-refractivity contribution in [3.05, 3.63) is 0 Å². The van der Waals surface area contributed by atoms with Gasteiger partial charge in [-0.15, -0.1) is 0 Å². The van der Waals surface area contributed by atoms with Gasteiger partial charge in [-0.05, 0) is 89.1 Å². The van der Waals surface area contributed by atoms with E-state index >= 15 is 0 Å². The fourth-order valence-corrected chi connectivity index (χ4v) is 8.57. The number of nitrogens with zero attached hydrogens (tertiary/aromatic N) is 1. The molecule has 0 heterocycles. The van der Waals surface area contributed by atoms with E-state index in [0.717, 1.165) is 38.5 Å². The minimum atomic E-state index is -0.818. The van der Waals surface area contributed by atoms with Gasteiger partial charge < -0.3 is 15.1 Å². The molecule has 4 rings (SSSR count). The van der Waals surface area contributed by atoms with Crippen molar-refractivity contribution in [3.63, 3.8) is 0 Å². The van der Waals surface area contributed by atoms with Crippen LogP contribution in [0.4, 0.5) is 0 Å². The summed E-state index contributed by atoms with van der Waals surface area (Å²) in [7, 11) is 4.17. The quantitative estimate of drug-likeness (QED) is 0.775. The summed E-state index contributed by atoms with van der Waals surface area (Å²) in [5.41, 5.74) is -0.814. The predicted molar refractivity (Wildman–Crippen MR) is 106 cm³/mol. The van der Waals surface area contributed by atoms with E-state index in [2.05, 4.69) is 32.8 Å². The SMILES string of the molecule is CC(=O)[C@H]1CC[C@H]2[C@@H]3C[C@@H](N(C)C)[C@]4(O)C[C@@H](O)CC[C@]4(C)[C@H]3CC[C@]12C. The van der Waals surface area contributed by atoms with Crippen molar-refractivity contribution in [2.24, 2.45) is 34.5 Å². The summed E-state index contributed by atoms with van der Waals surface area (Å²) in [4.78, 5) is 14.5. The third-order valence-electron chi connectivity index (χ3n) is 9.95. The number of carbonyl (C=O) groups is 1. The summed E-state index contributed by atoms with van der Waals surface area (Å²) in [5.74, 6) is 2.29. The number of ketones is 1. The second kappa shape index (κ2) is 6.27. The summed E-state index contributed by atoms with van der Waals surface area (Å²) in [5, 5.41) is 22.4. The van der Waals surface area contributed by atoms with Crippen molar-refractivity contribution in [1.29, 1.82) is 0 Å². The average Bonchev–Trinajstić information content (AvgIpc) is 2.92. The van der Waals surface area contributed by atoms with Crippen molar-refractivity contribution in [2.75, 3.05) is 14.1 Å². The molecule has 0 saturated heterocycles. The molecule has 4 saturated carbocycles. The number of likely N-dealkylation sites (N-methyl/N-ethyl adjacent to an activating group) is 1. The molecule has 0 bridgehead atoms. The lowest BCUT2D eigenvalue weighted by Crippen LogP contribution is -2.71. The smallest absolute Gasteiger partial charge is 0.133 e. The molecule has 2 N–H and O–H groups in total. The lowest BCUT2D eigenvalue weighted by atomic mass is 9.42. The van der Waals surface area contributed by atoms with E-state index in [9.17, 15) is 15.0 Å². The number of carbonyl (C=O) groups excluding carboxylic acids is 1. The minimum Gasteiger partial charge on any atom is -0.393 e. The lowest BCUT2D eigenvalue weighted by Gasteiger charge is -2.67. The third kappa shape index (κ3) is 2.55. The zero-order chi connectivity index (χ0) is 19.8. The normalized spacial score (nSPS) is 55.0. The Morgan fingerprint density at radius 2 is 1.74 bits per heavy atom. The molecule has 0 aromatic carbocycles. The van der Waals surface area contributed by atoms with Crippen molar-refractivity contribution >= 4 is 5.78 Å². The molecular formula is C23H39NO3. The van der Waals surface area contributed by atoms with Crippen LogP contribution in [-0.4, -0.2) is 52.7 Å². The fourth-order valence-electron chi connectivity index (χ4n) is 8.57. The van der Waals surface area contributed by atoms with Crippen LogP contribution in [0.15, 0.2) is 0 Å². The second-order valence-electron chi connectivity index (χ2n) is 11.1. The van der Waals surface area contributed by atoms with Gasteiger partial charge in [0.15, 0.2) is 0 Å². The zero-order valence-electron chi connectivity index (χ0n) is 17.9. The molecule has 27 heavy (non-hydrogen) atoms. The van der Waals surface area contributed by atoms with Crippen molar-refractivity contribution in [1.82, 2.24) is 4.90 Å². The monoisotopic (exact) mass is 377 g/mol. The predicted octanol–water partition coefficient (Wildman–Crippen LogP) is 3.25. The molecule has 4 aliphatic carbocycles. The van der Waals surface area contributed by atoms with Crippen LogP contribution in [0.2, 0.25) is 0 Å². The van der Waals surface area contributed by atoms with Crippen LogP contribution < -0.4 is 0 Å². The number of hydrogen-bond acceptors (Lipinski definition) is 4. The first kappa shape index (κ1) is 19.8. The Labute approximate surface area is 164 Å². The molecule has 4 heteroatoms. The van der Waals surface area contributed by atoms with Crippen LogP contribution in [0.25, 0.3) is 0 Å². The van der Waals surface area contributed by atoms with Gasteiger partial charge in [-0.2, -0.15) is 0 Å². The maximum absolute atomic E-state index is 12.3. The van der Waals surface area contributed by atoms with E-state index in [1.807, 2.05) is 0 Å². The van der Waals surface area contributed by atoms with Crippen LogP contribution in [0.5, 0.6) is 0 Å². The first-order valence-electron chi connectivity index (χ1n) is 11.1. The van der Waals surface area contributed by atoms with Crippen molar-refractivity contribution in [2.45, 2.75) is 89.9 Å². The zero-order valence-corrected chi connectivity index (χ0v) is 17.9. The Kier molecular flexibility index (Phi) is 4.61. The van der Waals surface area contributed by atoms with E-state index < -0.39 is 5.60 Å². The highest BCUT2D eigenvalue weighted by Gasteiger charge is 2.67. The molecule has 0 amide bonds. The molecule has 154 valence electrons. The molecule has 4 nitrogen and oxygen atoms in total. The summed E-state index contributed by atoms with van der Waals surface area (Å²) in [6.45, 7) is 6.48. The molecule has 0 aromatic rings. The number of hydrogen-bond donors (Lipinski definition) is 2. The molecule has 4 fully saturated rings. The Hall–Kier alpha value is -0.450. The van der Waals surface area contributed by atoms with Crippen molar-refractivity contribution < 1.29 is 15.0 Å². The standard InChI is InChI=1S/C23H39NO3/c1-14(25)17-6-7-18-16-12-20(24(4)5)23(27)13-15(26)8-11-22(23,3)19(16)9-10-21(17,18)2/h15-20,26-27H,6-13H2,1-5H3/t15-,16-,17+,18-,19-,20+,21+,22+,23+/m0/s1. The van der Waals surface area contributed by atoms with Crippen LogP contribution in [0.1, 0.15) is 72.1 Å². The molecule has 0 radical (unpaired) electrons. The Bertz CT molecular complexity index is 621. The van der Waals surface area contributed by atoms with Gasteiger partial charge in [-0.25, -0.2) is 0 Å². The van der Waals surface area contributed by atoms with E-state index in [-0.39, 0.29) is 28.9 Å². The van der Waals surface area contributed by atoms with Gasteiger partial charge >= 0.3 is 0 Å². The van der Waals surface area contributed by atoms with Crippen LogP contribution in [-0.2, 0) is 4.79 Å². The summed E-state index contributed by atoms with van der Waals surface area (Å²) >= 11 is 0. The Balaban J connectivity index is 1.74. The summed E-state index contributed by atoms with van der Waals surface area (Å²) in [6, 6.07) is 0.0810. The number of fused-ring (bicyclic) bond motifs is 5. The number of Topliss-reactive ketones (excluding diaryl/α,β-unsaturated/α-hetero) is 1. The van der Waals surface area contributed by atoms with E-state index in [1.165, 1.54) is 6.42 Å². The highest BCUT2D eigenvalue weighted by molar-refractivity contribution is 5.79. The van der Waals surface area contributed by atoms with E-state index in [4.69, 9.17) is 0 Å². The average molecular weight is 378 g/mol. The Morgan fingerprint density at radius 3 is 2.37 bits per heavy atom. The first-order valence-corrected chi connectivity index (χ1v) is 11.1. The van der Waals surface area contributed by atoms with Gasteiger partial charge in [-0.1, -0.05) is 13.8 Å². The number of rotatable bonds is 2. The maximum Gasteiger partial charge on any atom is 0.133 e. The van der Waals surface area contributed by atoms with E-state index in [0.29, 0.717) is 30.0 Å². The third-order valence-corrected chi connectivity index (χ3v) is 9.95. The molecular weight excluding hydrogens is 338 g/mol. The summed E-state index contributed by atoms with van der Waals surface area (Å²) < 4.78 is 0. The molecule has 9 atom stereocenters.